The molecule has 0 unspecified atom stereocenters. The van der Waals surface area contributed by atoms with Crippen LogP contribution in [0.5, 0.6) is 5.75 Å². The van der Waals surface area contributed by atoms with Crippen molar-refractivity contribution in [1.82, 2.24) is 4.98 Å². The molecular weight excluding hydrogens is 338 g/mol. The van der Waals surface area contributed by atoms with Crippen molar-refractivity contribution in [2.24, 2.45) is 0 Å². The summed E-state index contributed by atoms with van der Waals surface area (Å²) in [5.74, 6) is 0.568. The number of aromatic nitrogens is 1. The summed E-state index contributed by atoms with van der Waals surface area (Å²) < 4.78 is 20.0. The van der Waals surface area contributed by atoms with Crippen molar-refractivity contribution in [2.45, 2.75) is 26.9 Å². The van der Waals surface area contributed by atoms with Crippen LogP contribution < -0.4 is 15.1 Å². The van der Waals surface area contributed by atoms with Crippen molar-refractivity contribution in [3.63, 3.8) is 0 Å². The molecule has 27 heavy (non-hydrogen) atoms. The van der Waals surface area contributed by atoms with Crippen molar-refractivity contribution < 1.29 is 9.13 Å². The first-order valence-electron chi connectivity index (χ1n) is 8.82. The lowest BCUT2D eigenvalue weighted by molar-refractivity contribution is 0.414. The number of ether oxygens (including phenoxy) is 1. The van der Waals surface area contributed by atoms with Gasteiger partial charge in [0.25, 0.3) is 0 Å². The number of hydrogen-bond donors (Lipinski definition) is 0. The zero-order valence-corrected chi connectivity index (χ0v) is 15.9. The van der Waals surface area contributed by atoms with Crippen molar-refractivity contribution in [3.05, 3.63) is 82.8 Å². The van der Waals surface area contributed by atoms with Crippen LogP contribution in [0.1, 0.15) is 22.4 Å². The second-order valence-electron chi connectivity index (χ2n) is 6.68. The number of anilines is 1. The van der Waals surface area contributed by atoms with Gasteiger partial charge in [-0.05, 0) is 43.2 Å². The Labute approximate surface area is 161 Å². The van der Waals surface area contributed by atoms with Crippen molar-refractivity contribution in [2.75, 3.05) is 12.0 Å². The van der Waals surface area contributed by atoms with E-state index in [0.29, 0.717) is 18.8 Å². The van der Waals surface area contributed by atoms with Gasteiger partial charge in [0.05, 0.1) is 7.11 Å². The molecule has 3 nitrogen and oxygen atoms in total. The van der Waals surface area contributed by atoms with E-state index in [1.807, 2.05) is 55.1 Å². The fraction of sp³-hybridized carbons (Fsp3) is 0.227. The predicted molar refractivity (Wildman–Crippen MR) is 108 cm³/mol. The molecule has 0 atom stereocenters. The van der Waals surface area contributed by atoms with Crippen molar-refractivity contribution in [3.8, 4) is 5.75 Å². The molecule has 136 valence electrons. The molecule has 0 fully saturated rings. The van der Waals surface area contributed by atoms with E-state index >= 15 is 0 Å². The van der Waals surface area contributed by atoms with Crippen LogP contribution in [0.4, 0.5) is 10.2 Å². The van der Waals surface area contributed by atoms with Crippen molar-refractivity contribution >= 4 is 19.1 Å². The van der Waals surface area contributed by atoms with E-state index in [2.05, 4.69) is 17.1 Å². The Balaban J connectivity index is 1.96. The van der Waals surface area contributed by atoms with Gasteiger partial charge in [-0.2, -0.15) is 0 Å². The second-order valence-corrected chi connectivity index (χ2v) is 6.68. The molecule has 0 N–H and O–H groups in total. The normalized spacial score (nSPS) is 10.7. The summed E-state index contributed by atoms with van der Waals surface area (Å²) in [5.41, 5.74) is 4.10. The van der Waals surface area contributed by atoms with Gasteiger partial charge in [0, 0.05) is 18.8 Å². The van der Waals surface area contributed by atoms with Gasteiger partial charge in [0.1, 0.15) is 13.6 Å². The fourth-order valence-electron chi connectivity index (χ4n) is 2.95. The van der Waals surface area contributed by atoms with Crippen LogP contribution in [0.25, 0.3) is 0 Å². The molecule has 0 aliphatic carbocycles. The maximum atomic E-state index is 14.8. The Morgan fingerprint density at radius 3 is 2.07 bits per heavy atom. The van der Waals surface area contributed by atoms with Gasteiger partial charge >= 0.3 is 0 Å². The van der Waals surface area contributed by atoms with E-state index in [4.69, 9.17) is 12.6 Å². The van der Waals surface area contributed by atoms with Gasteiger partial charge in [-0.25, -0.2) is 9.37 Å². The van der Waals surface area contributed by atoms with Crippen LogP contribution in [-0.4, -0.2) is 19.9 Å². The number of pyridine rings is 1. The second kappa shape index (κ2) is 8.25. The van der Waals surface area contributed by atoms with Crippen LogP contribution >= 0.6 is 0 Å². The average Bonchev–Trinajstić information content (AvgIpc) is 2.66. The molecule has 0 amide bonds. The maximum absolute atomic E-state index is 14.8. The topological polar surface area (TPSA) is 25.4 Å². The Kier molecular flexibility index (Phi) is 5.80. The lowest BCUT2D eigenvalue weighted by Gasteiger charge is -2.26. The Morgan fingerprint density at radius 1 is 0.963 bits per heavy atom. The van der Waals surface area contributed by atoms with E-state index in [0.717, 1.165) is 16.9 Å². The first-order valence-corrected chi connectivity index (χ1v) is 8.82. The minimum atomic E-state index is -0.485. The van der Waals surface area contributed by atoms with Crippen molar-refractivity contribution in [1.29, 1.82) is 0 Å². The third-order valence-corrected chi connectivity index (χ3v) is 4.42. The smallest absolute Gasteiger partial charge is 0.165 e. The Bertz CT molecular complexity index is 911. The van der Waals surface area contributed by atoms with Gasteiger partial charge in [-0.15, -0.1) is 0 Å². The lowest BCUT2D eigenvalue weighted by atomic mass is 9.95. The summed E-state index contributed by atoms with van der Waals surface area (Å²) in [6.07, 6.45) is 0. The minimum Gasteiger partial charge on any atom is -0.497 e. The first-order chi connectivity index (χ1) is 13.0. The van der Waals surface area contributed by atoms with E-state index in [-0.39, 0.29) is 11.3 Å². The summed E-state index contributed by atoms with van der Waals surface area (Å²) >= 11 is 0. The maximum Gasteiger partial charge on any atom is 0.165 e. The molecule has 2 radical (unpaired) electrons. The van der Waals surface area contributed by atoms with Crippen LogP contribution in [-0.2, 0) is 13.1 Å². The molecular formula is C22H22BFN2O. The highest BCUT2D eigenvalue weighted by atomic mass is 19.1. The van der Waals surface area contributed by atoms with E-state index < -0.39 is 5.82 Å². The molecule has 0 spiro atoms. The van der Waals surface area contributed by atoms with Crippen LogP contribution in [0.2, 0.25) is 0 Å². The number of hydrogen-bond acceptors (Lipinski definition) is 3. The molecule has 0 bridgehead atoms. The molecule has 0 aliphatic rings. The van der Waals surface area contributed by atoms with Crippen LogP contribution in [0, 0.1) is 19.7 Å². The highest BCUT2D eigenvalue weighted by molar-refractivity contribution is 6.32. The summed E-state index contributed by atoms with van der Waals surface area (Å²) in [6, 6.07) is 17.5. The standard InChI is InChI=1S/C22H22BFN2O/c1-15-4-6-17(7-5-15)13-26(14-18-8-10-19(27-3)11-9-18)22-21(24)20(23)12-16(2)25-22/h4-12H,13-14H2,1-3H3. The van der Waals surface area contributed by atoms with Gasteiger partial charge in [0.15, 0.2) is 11.6 Å². The molecule has 2 aromatic carbocycles. The van der Waals surface area contributed by atoms with Gasteiger partial charge < -0.3 is 9.64 Å². The molecule has 1 heterocycles. The van der Waals surface area contributed by atoms with E-state index in [1.54, 1.807) is 13.2 Å². The van der Waals surface area contributed by atoms with Gasteiger partial charge in [0.2, 0.25) is 0 Å². The largest absolute Gasteiger partial charge is 0.497 e. The third kappa shape index (κ3) is 4.67. The number of rotatable bonds is 6. The Morgan fingerprint density at radius 2 is 1.52 bits per heavy atom. The lowest BCUT2D eigenvalue weighted by Crippen LogP contribution is -2.27. The van der Waals surface area contributed by atoms with Crippen LogP contribution in [0.3, 0.4) is 0 Å². The third-order valence-electron chi connectivity index (χ3n) is 4.42. The minimum absolute atomic E-state index is 0.112. The first kappa shape index (κ1) is 19.0. The number of methoxy groups -OCH3 is 1. The molecule has 0 saturated carbocycles. The summed E-state index contributed by atoms with van der Waals surface area (Å²) in [7, 11) is 7.48. The number of nitrogens with zero attached hydrogens (tertiary/aromatic N) is 2. The number of aryl methyl sites for hydroxylation is 2. The summed E-state index contributed by atoms with van der Waals surface area (Å²) in [5, 5.41) is 0. The zero-order valence-electron chi connectivity index (χ0n) is 15.9. The number of halogens is 1. The zero-order chi connectivity index (χ0) is 19.4. The SMILES string of the molecule is [B]c1cc(C)nc(N(Cc2ccc(C)cc2)Cc2ccc(OC)cc2)c1F. The van der Waals surface area contributed by atoms with E-state index in [1.165, 1.54) is 5.56 Å². The summed E-state index contributed by atoms with van der Waals surface area (Å²) in [6.45, 7) is 4.89. The van der Waals surface area contributed by atoms with E-state index in [9.17, 15) is 4.39 Å². The van der Waals surface area contributed by atoms with Gasteiger partial charge in [-0.1, -0.05) is 47.4 Å². The van der Waals surface area contributed by atoms with Gasteiger partial charge in [-0.3, -0.25) is 0 Å². The Hall–Kier alpha value is -2.82. The molecule has 3 aromatic rings. The average molecular weight is 360 g/mol. The molecule has 5 heteroatoms. The molecule has 3 rings (SSSR count). The molecule has 0 aliphatic heterocycles. The monoisotopic (exact) mass is 360 g/mol. The quantitative estimate of drug-likeness (QED) is 0.625. The summed E-state index contributed by atoms with van der Waals surface area (Å²) in [4.78, 5) is 6.33. The molecule has 1 aromatic heterocycles. The predicted octanol–water partition coefficient (Wildman–Crippen LogP) is 3.85. The molecule has 0 saturated heterocycles. The van der Waals surface area contributed by atoms with Crippen LogP contribution in [0.15, 0.2) is 54.6 Å². The highest BCUT2D eigenvalue weighted by Crippen LogP contribution is 2.22. The fourth-order valence-corrected chi connectivity index (χ4v) is 2.95. The number of benzene rings is 2. The highest BCUT2D eigenvalue weighted by Gasteiger charge is 2.17.